The summed E-state index contributed by atoms with van der Waals surface area (Å²) in [5.74, 6) is 1.36. The molecule has 3 nitrogen and oxygen atoms in total. The van der Waals surface area contributed by atoms with Crippen molar-refractivity contribution in [1.82, 2.24) is 0 Å². The molecule has 2 rings (SSSR count). The zero-order valence-corrected chi connectivity index (χ0v) is 14.2. The summed E-state index contributed by atoms with van der Waals surface area (Å²) >= 11 is 6.36. The fraction of sp³-hybridized carbons (Fsp3) is 0.333. The number of benzene rings is 2. The molecule has 0 aliphatic rings. The summed E-state index contributed by atoms with van der Waals surface area (Å²) in [6.45, 7) is 6.64. The lowest BCUT2D eigenvalue weighted by molar-refractivity contribution is 0.230. The molecule has 0 aliphatic carbocycles. The van der Waals surface area contributed by atoms with Gasteiger partial charge in [0.1, 0.15) is 0 Å². The third-order valence-corrected chi connectivity index (χ3v) is 3.58. The maximum Gasteiger partial charge on any atom is 0.163 e. The molecule has 0 bridgehead atoms. The number of rotatable bonds is 6. The summed E-state index contributed by atoms with van der Waals surface area (Å²) < 4.78 is 11.1. The molecule has 22 heavy (non-hydrogen) atoms. The second kappa shape index (κ2) is 7.41. The van der Waals surface area contributed by atoms with Gasteiger partial charge in [-0.15, -0.1) is 0 Å². The van der Waals surface area contributed by atoms with Crippen LogP contribution in [0.2, 0.25) is 5.02 Å². The van der Waals surface area contributed by atoms with Crippen molar-refractivity contribution in [3.05, 3.63) is 52.5 Å². The van der Waals surface area contributed by atoms with E-state index in [1.54, 1.807) is 7.11 Å². The number of methoxy groups -OCH3 is 1. The van der Waals surface area contributed by atoms with Crippen molar-refractivity contribution in [3.8, 4) is 11.5 Å². The van der Waals surface area contributed by atoms with Gasteiger partial charge in [-0.25, -0.2) is 0 Å². The predicted molar refractivity (Wildman–Crippen MR) is 92.3 cm³/mol. The summed E-state index contributed by atoms with van der Waals surface area (Å²) in [6.07, 6.45) is 0.0708. The molecule has 2 aromatic rings. The van der Waals surface area contributed by atoms with Crippen molar-refractivity contribution in [3.63, 3.8) is 0 Å². The van der Waals surface area contributed by atoms with Crippen LogP contribution in [-0.2, 0) is 6.54 Å². The van der Waals surface area contributed by atoms with Gasteiger partial charge in [0.15, 0.2) is 11.5 Å². The molecule has 0 aromatic heterocycles. The van der Waals surface area contributed by atoms with E-state index in [4.69, 9.17) is 21.1 Å². The number of aryl methyl sites for hydroxylation is 1. The van der Waals surface area contributed by atoms with Crippen molar-refractivity contribution in [2.24, 2.45) is 0 Å². The highest BCUT2D eigenvalue weighted by Crippen LogP contribution is 2.34. The minimum atomic E-state index is 0.0708. The highest BCUT2D eigenvalue weighted by molar-refractivity contribution is 6.31. The molecular weight excluding hydrogens is 298 g/mol. The molecule has 0 spiro atoms. The van der Waals surface area contributed by atoms with Gasteiger partial charge in [-0.05, 0) is 44.5 Å². The van der Waals surface area contributed by atoms with Crippen LogP contribution in [0.1, 0.15) is 25.0 Å². The third kappa shape index (κ3) is 4.31. The molecular formula is C18H22ClNO2. The Hall–Kier alpha value is -1.87. The van der Waals surface area contributed by atoms with Gasteiger partial charge in [-0.3, -0.25) is 0 Å². The lowest BCUT2D eigenvalue weighted by atomic mass is 10.1. The topological polar surface area (TPSA) is 30.5 Å². The van der Waals surface area contributed by atoms with Crippen LogP contribution in [-0.4, -0.2) is 13.2 Å². The normalized spacial score (nSPS) is 10.6. The molecule has 0 amide bonds. The first-order valence-electron chi connectivity index (χ1n) is 7.33. The summed E-state index contributed by atoms with van der Waals surface area (Å²) in [6, 6.07) is 12.0. The molecule has 0 unspecified atom stereocenters. The molecule has 0 aliphatic heterocycles. The Morgan fingerprint density at radius 3 is 2.36 bits per heavy atom. The smallest absolute Gasteiger partial charge is 0.163 e. The fourth-order valence-electron chi connectivity index (χ4n) is 2.09. The zero-order chi connectivity index (χ0) is 16.1. The maximum absolute atomic E-state index is 6.36. The van der Waals surface area contributed by atoms with Gasteiger partial charge in [0.25, 0.3) is 0 Å². The summed E-state index contributed by atoms with van der Waals surface area (Å²) in [5.41, 5.74) is 3.26. The van der Waals surface area contributed by atoms with Gasteiger partial charge in [0.05, 0.1) is 13.2 Å². The predicted octanol–water partition coefficient (Wildman–Crippen LogP) is 5.06. The van der Waals surface area contributed by atoms with Crippen molar-refractivity contribution in [2.75, 3.05) is 12.4 Å². The van der Waals surface area contributed by atoms with E-state index in [2.05, 4.69) is 36.5 Å². The van der Waals surface area contributed by atoms with E-state index in [-0.39, 0.29) is 6.10 Å². The Bertz CT molecular complexity index is 624. The molecule has 0 fully saturated rings. The molecule has 0 heterocycles. The van der Waals surface area contributed by atoms with Crippen LogP contribution >= 0.6 is 11.6 Å². The quantitative estimate of drug-likeness (QED) is 0.807. The first-order chi connectivity index (χ1) is 10.5. The lowest BCUT2D eigenvalue weighted by Gasteiger charge is -2.16. The van der Waals surface area contributed by atoms with E-state index in [9.17, 15) is 0 Å². The van der Waals surface area contributed by atoms with E-state index in [1.807, 2.05) is 26.0 Å². The van der Waals surface area contributed by atoms with Gasteiger partial charge >= 0.3 is 0 Å². The monoisotopic (exact) mass is 319 g/mol. The van der Waals surface area contributed by atoms with Gasteiger partial charge in [0.2, 0.25) is 0 Å². The van der Waals surface area contributed by atoms with Crippen LogP contribution in [0, 0.1) is 6.92 Å². The lowest BCUT2D eigenvalue weighted by Crippen LogP contribution is -2.08. The Labute approximate surface area is 137 Å². The van der Waals surface area contributed by atoms with E-state index in [0.29, 0.717) is 23.1 Å². The molecule has 0 saturated carbocycles. The van der Waals surface area contributed by atoms with Crippen molar-refractivity contribution < 1.29 is 9.47 Å². The van der Waals surface area contributed by atoms with Gasteiger partial charge in [-0.1, -0.05) is 29.3 Å². The van der Waals surface area contributed by atoms with Gasteiger partial charge in [-0.2, -0.15) is 0 Å². The maximum atomic E-state index is 6.36. The van der Waals surface area contributed by atoms with Crippen LogP contribution in [0.3, 0.4) is 0 Å². The van der Waals surface area contributed by atoms with Crippen LogP contribution < -0.4 is 14.8 Å². The first-order valence-corrected chi connectivity index (χ1v) is 7.71. The van der Waals surface area contributed by atoms with Crippen molar-refractivity contribution in [1.29, 1.82) is 0 Å². The van der Waals surface area contributed by atoms with Gasteiger partial charge in [0, 0.05) is 23.3 Å². The van der Waals surface area contributed by atoms with E-state index < -0.39 is 0 Å². The number of hydrogen-bond acceptors (Lipinski definition) is 3. The zero-order valence-electron chi connectivity index (χ0n) is 13.4. The minimum absolute atomic E-state index is 0.0708. The highest BCUT2D eigenvalue weighted by atomic mass is 35.5. The molecule has 4 heteroatoms. The SMILES string of the molecule is COc1cc(CNc2ccc(C)cc2)c(Cl)cc1OC(C)C. The highest BCUT2D eigenvalue weighted by Gasteiger charge is 2.11. The van der Waals surface area contributed by atoms with Crippen molar-refractivity contribution in [2.45, 2.75) is 33.4 Å². The summed E-state index contributed by atoms with van der Waals surface area (Å²) in [5, 5.41) is 4.02. The molecule has 0 atom stereocenters. The Morgan fingerprint density at radius 1 is 1.09 bits per heavy atom. The Kier molecular flexibility index (Phi) is 5.56. The third-order valence-electron chi connectivity index (χ3n) is 3.23. The van der Waals surface area contributed by atoms with E-state index in [0.717, 1.165) is 11.3 Å². The van der Waals surface area contributed by atoms with Crippen LogP contribution in [0.5, 0.6) is 11.5 Å². The molecule has 0 saturated heterocycles. The average molecular weight is 320 g/mol. The van der Waals surface area contributed by atoms with Crippen LogP contribution in [0.4, 0.5) is 5.69 Å². The van der Waals surface area contributed by atoms with Crippen molar-refractivity contribution >= 4 is 17.3 Å². The average Bonchev–Trinajstić information content (AvgIpc) is 2.47. The molecule has 2 aromatic carbocycles. The summed E-state index contributed by atoms with van der Waals surface area (Å²) in [4.78, 5) is 0. The second-order valence-corrected chi connectivity index (χ2v) is 5.89. The largest absolute Gasteiger partial charge is 0.493 e. The number of nitrogens with one attached hydrogen (secondary N) is 1. The summed E-state index contributed by atoms with van der Waals surface area (Å²) in [7, 11) is 1.63. The first kappa shape index (κ1) is 16.5. The molecule has 1 N–H and O–H groups in total. The Morgan fingerprint density at radius 2 is 1.77 bits per heavy atom. The number of ether oxygens (including phenoxy) is 2. The fourth-order valence-corrected chi connectivity index (χ4v) is 2.31. The van der Waals surface area contributed by atoms with Crippen LogP contribution in [0.25, 0.3) is 0 Å². The van der Waals surface area contributed by atoms with Gasteiger partial charge < -0.3 is 14.8 Å². The van der Waals surface area contributed by atoms with E-state index >= 15 is 0 Å². The number of anilines is 1. The standard InChI is InChI=1S/C18H22ClNO2/c1-12(2)22-18-10-16(19)14(9-17(18)21-4)11-20-15-7-5-13(3)6-8-15/h5-10,12,20H,11H2,1-4H3. The van der Waals surface area contributed by atoms with Crippen LogP contribution in [0.15, 0.2) is 36.4 Å². The van der Waals surface area contributed by atoms with E-state index in [1.165, 1.54) is 5.56 Å². The second-order valence-electron chi connectivity index (χ2n) is 5.48. The Balaban J connectivity index is 2.15. The molecule has 0 radical (unpaired) electrons. The number of hydrogen-bond donors (Lipinski definition) is 1. The molecule has 118 valence electrons. The number of halogens is 1. The minimum Gasteiger partial charge on any atom is -0.493 e.